The van der Waals surface area contributed by atoms with Gasteiger partial charge in [0, 0.05) is 46.2 Å². The number of carbonyl (C=O) groups excluding carboxylic acids is 2. The molecule has 11 nitrogen and oxygen atoms in total. The summed E-state index contributed by atoms with van der Waals surface area (Å²) in [5, 5.41) is 20.0. The van der Waals surface area contributed by atoms with Gasteiger partial charge in [0.2, 0.25) is 11.8 Å². The molecule has 53 heavy (non-hydrogen) atoms. The van der Waals surface area contributed by atoms with Crippen LogP contribution in [0.4, 0.5) is 5.13 Å². The lowest BCUT2D eigenvalue weighted by atomic mass is 9.93. The zero-order valence-electron chi connectivity index (χ0n) is 30.6. The second-order valence-corrected chi connectivity index (χ2v) is 16.2. The predicted octanol–water partition coefficient (Wildman–Crippen LogP) is 6.97. The van der Waals surface area contributed by atoms with E-state index < -0.39 is 35.6 Å². The average Bonchev–Trinajstić information content (AvgIpc) is 3.42. The molecule has 0 radical (unpaired) electrons. The second-order valence-electron chi connectivity index (χ2n) is 15.4. The Morgan fingerprint density at radius 2 is 1.89 bits per heavy atom. The minimum Gasteiger partial charge on any atom is -0.497 e. The highest BCUT2D eigenvalue weighted by molar-refractivity contribution is 7.13. The normalized spacial score (nSPS) is 25.7. The number of nitrogens with zero attached hydrogens (tertiary/aromatic N) is 3. The molecule has 0 bridgehead atoms. The molecule has 1 saturated carbocycles. The number of nitrogens with one attached hydrogen (secondary N) is 2. The van der Waals surface area contributed by atoms with Gasteiger partial charge in [-0.2, -0.15) is 0 Å². The molecule has 4 heterocycles. The lowest BCUT2D eigenvalue weighted by Gasteiger charge is -2.29. The third-order valence-electron chi connectivity index (χ3n) is 10.5. The first-order chi connectivity index (χ1) is 25.4. The van der Waals surface area contributed by atoms with Crippen LogP contribution in [-0.2, 0) is 19.8 Å². The van der Waals surface area contributed by atoms with E-state index in [-0.39, 0.29) is 30.2 Å². The lowest BCUT2D eigenvalue weighted by molar-refractivity contribution is -0.145. The Balaban J connectivity index is 1.23. The molecule has 12 heteroatoms. The number of aliphatic carboxylic acids is 1. The topological polar surface area (TPSA) is 143 Å². The molecule has 2 aromatic carbocycles. The summed E-state index contributed by atoms with van der Waals surface area (Å²) in [4.78, 5) is 52.8. The van der Waals surface area contributed by atoms with Gasteiger partial charge in [0.25, 0.3) is 0 Å². The Morgan fingerprint density at radius 3 is 2.62 bits per heavy atom. The van der Waals surface area contributed by atoms with Gasteiger partial charge in [-0.25, -0.2) is 14.8 Å². The molecule has 3 N–H and O–H groups in total. The average molecular weight is 738 g/mol. The first-order valence-corrected chi connectivity index (χ1v) is 19.3. The number of aromatic nitrogens is 2. The smallest absolute Gasteiger partial charge is 0.330 e. The lowest BCUT2D eigenvalue weighted by Crippen LogP contribution is -2.55. The van der Waals surface area contributed by atoms with Gasteiger partial charge in [-0.15, -0.1) is 11.3 Å². The molecule has 1 saturated heterocycles. The van der Waals surface area contributed by atoms with Crippen molar-refractivity contribution in [2.45, 2.75) is 94.9 Å². The zero-order valence-corrected chi connectivity index (χ0v) is 31.4. The highest BCUT2D eigenvalue weighted by atomic mass is 32.1. The number of pyridine rings is 1. The third kappa shape index (κ3) is 7.74. The van der Waals surface area contributed by atoms with E-state index in [2.05, 4.69) is 31.4 Å². The van der Waals surface area contributed by atoms with Gasteiger partial charge in [0.1, 0.15) is 35.2 Å². The Bertz CT molecular complexity index is 2030. The summed E-state index contributed by atoms with van der Waals surface area (Å²) in [5.41, 5.74) is 1.69. The first kappa shape index (κ1) is 36.4. The minimum atomic E-state index is -1.39. The van der Waals surface area contributed by atoms with Gasteiger partial charge in [0.15, 0.2) is 5.13 Å². The number of fused-ring (bicyclic) bond motifs is 3. The number of amides is 2. The summed E-state index contributed by atoms with van der Waals surface area (Å²) in [6, 6.07) is 15.7. The first-order valence-electron chi connectivity index (χ1n) is 18.4. The van der Waals surface area contributed by atoms with Crippen LogP contribution in [0.25, 0.3) is 22.2 Å². The molecule has 278 valence electrons. The summed E-state index contributed by atoms with van der Waals surface area (Å²) < 4.78 is 12.2. The van der Waals surface area contributed by atoms with Crippen LogP contribution in [0.1, 0.15) is 71.4 Å². The van der Waals surface area contributed by atoms with Crippen molar-refractivity contribution in [2.24, 2.45) is 5.92 Å². The molecule has 2 fully saturated rings. The summed E-state index contributed by atoms with van der Waals surface area (Å²) in [5.74, 6) is -0.876. The second kappa shape index (κ2) is 14.8. The van der Waals surface area contributed by atoms with Crippen LogP contribution >= 0.6 is 11.3 Å². The highest BCUT2D eigenvalue weighted by Crippen LogP contribution is 2.45. The van der Waals surface area contributed by atoms with Gasteiger partial charge in [-0.3, -0.25) is 9.59 Å². The van der Waals surface area contributed by atoms with E-state index in [0.29, 0.717) is 40.7 Å². The molecule has 2 amide bonds. The van der Waals surface area contributed by atoms with Crippen molar-refractivity contribution in [2.75, 3.05) is 19.0 Å². The molecule has 7 rings (SSSR count). The number of methoxy groups -OCH3 is 1. The molecule has 4 aromatic rings. The van der Waals surface area contributed by atoms with Crippen LogP contribution in [-0.4, -0.2) is 75.1 Å². The standard InChI is InChI=1S/C41H47N5O6S/c1-40(2,3)35-24-53-39(44-35)43-30-16-12-7-5-6-11-15-26-22-41(26,38(49)50)45-36(47)33-20-28(23-46(33)37(30)48)52-34-21-31(25-13-9-8-10-14-25)42-32-19-27(51-4)17-18-29(32)34/h8-11,13-15,17-19,21,24,26,28,30,33H,5-7,12,16,20,22-23H2,1-4H3,(H,43,44)(H,45,47)(H,49,50)/b15-11-/t26-,28-,30+,33+,41-/m1/s1. The molecule has 0 spiro atoms. The summed E-state index contributed by atoms with van der Waals surface area (Å²) in [6.45, 7) is 6.44. The van der Waals surface area contributed by atoms with Gasteiger partial charge in [-0.1, -0.05) is 76.1 Å². The fraction of sp³-hybridized carbons (Fsp3) is 0.439. The van der Waals surface area contributed by atoms with E-state index in [1.165, 1.54) is 11.3 Å². The Morgan fingerprint density at radius 1 is 1.08 bits per heavy atom. The molecular weight excluding hydrogens is 691 g/mol. The number of rotatable bonds is 7. The Kier molecular flexibility index (Phi) is 10.2. The molecule has 3 aliphatic rings. The monoisotopic (exact) mass is 737 g/mol. The largest absolute Gasteiger partial charge is 0.497 e. The van der Waals surface area contributed by atoms with Gasteiger partial charge >= 0.3 is 5.97 Å². The number of thiazole rings is 1. The maximum absolute atomic E-state index is 14.7. The fourth-order valence-corrected chi connectivity index (χ4v) is 8.31. The maximum Gasteiger partial charge on any atom is 0.330 e. The van der Waals surface area contributed by atoms with Crippen molar-refractivity contribution in [3.05, 3.63) is 77.8 Å². The predicted molar refractivity (Wildman–Crippen MR) is 205 cm³/mol. The van der Waals surface area contributed by atoms with Crippen LogP contribution in [0.5, 0.6) is 11.5 Å². The number of carbonyl (C=O) groups is 3. The van der Waals surface area contributed by atoms with Crippen LogP contribution in [0.15, 0.2) is 72.1 Å². The highest BCUT2D eigenvalue weighted by Gasteiger charge is 2.61. The zero-order chi connectivity index (χ0) is 37.3. The molecule has 5 atom stereocenters. The van der Waals surface area contributed by atoms with E-state index in [9.17, 15) is 19.5 Å². The molecule has 0 unspecified atom stereocenters. The van der Waals surface area contributed by atoms with Crippen molar-refractivity contribution in [1.29, 1.82) is 0 Å². The summed E-state index contributed by atoms with van der Waals surface area (Å²) in [7, 11) is 1.61. The van der Waals surface area contributed by atoms with Crippen LogP contribution < -0.4 is 20.1 Å². The number of anilines is 1. The van der Waals surface area contributed by atoms with Crippen molar-refractivity contribution >= 4 is 45.2 Å². The maximum atomic E-state index is 14.7. The number of allylic oxidation sites excluding steroid dienone is 1. The van der Waals surface area contributed by atoms with Crippen molar-refractivity contribution in [3.63, 3.8) is 0 Å². The van der Waals surface area contributed by atoms with Crippen molar-refractivity contribution in [3.8, 4) is 22.8 Å². The van der Waals surface area contributed by atoms with Gasteiger partial charge in [0.05, 0.1) is 30.6 Å². The Hall–Kier alpha value is -4.97. The number of ether oxygens (including phenoxy) is 2. The van der Waals surface area contributed by atoms with E-state index >= 15 is 0 Å². The van der Waals surface area contributed by atoms with Crippen molar-refractivity contribution in [1.82, 2.24) is 20.2 Å². The van der Waals surface area contributed by atoms with Crippen molar-refractivity contribution < 1.29 is 29.0 Å². The van der Waals surface area contributed by atoms with E-state index in [1.807, 2.05) is 72.1 Å². The number of carboxylic acids is 1. The van der Waals surface area contributed by atoms with Crippen LogP contribution in [0.3, 0.4) is 0 Å². The van der Waals surface area contributed by atoms with E-state index in [4.69, 9.17) is 19.4 Å². The number of hydrogen-bond donors (Lipinski definition) is 3. The number of benzene rings is 2. The Labute approximate surface area is 313 Å². The number of carboxylic acid groups (broad SMARTS) is 1. The SMILES string of the molecule is COc1ccc2c(O[C@@H]3C[C@H]4C(=O)N[C@]5(C(=O)O)C[C@H]5/C=C\CCCCC[C@H](Nc5nc(C(C)(C)C)cs5)C(=O)N4C3)cc(-c3ccccc3)nc2c1. The molecule has 1 aliphatic carbocycles. The molecule has 2 aromatic heterocycles. The van der Waals surface area contributed by atoms with E-state index in [0.717, 1.165) is 42.3 Å². The van der Waals surface area contributed by atoms with Gasteiger partial charge < -0.3 is 30.1 Å². The van der Waals surface area contributed by atoms with Gasteiger partial charge in [-0.05, 0) is 37.8 Å². The summed E-state index contributed by atoms with van der Waals surface area (Å²) in [6.07, 6.45) is 7.88. The van der Waals surface area contributed by atoms with E-state index in [1.54, 1.807) is 12.0 Å². The minimum absolute atomic E-state index is 0.143. The number of hydrogen-bond acceptors (Lipinski definition) is 9. The van der Waals surface area contributed by atoms with Crippen LogP contribution in [0, 0.1) is 5.92 Å². The molecular formula is C41H47N5O6S. The van der Waals surface area contributed by atoms with Crippen LogP contribution in [0.2, 0.25) is 0 Å². The quantitative estimate of drug-likeness (QED) is 0.171. The summed E-state index contributed by atoms with van der Waals surface area (Å²) >= 11 is 1.46. The molecule has 2 aliphatic heterocycles. The third-order valence-corrected chi connectivity index (χ3v) is 11.3. The fourth-order valence-electron chi connectivity index (χ4n) is 7.32.